The van der Waals surface area contributed by atoms with Gasteiger partial charge >= 0.3 is 0 Å². The fourth-order valence-electron chi connectivity index (χ4n) is 1.79. The second kappa shape index (κ2) is 7.86. The summed E-state index contributed by atoms with van der Waals surface area (Å²) >= 11 is 0. The lowest BCUT2D eigenvalue weighted by Gasteiger charge is -2.37. The zero-order chi connectivity index (χ0) is 12.6. The van der Waals surface area contributed by atoms with Gasteiger partial charge in [0.15, 0.2) is 0 Å². The van der Waals surface area contributed by atoms with Crippen LogP contribution in [0.3, 0.4) is 0 Å². The van der Waals surface area contributed by atoms with Gasteiger partial charge in [-0.15, -0.1) is 0 Å². The number of rotatable bonds is 9. The van der Waals surface area contributed by atoms with Gasteiger partial charge in [0.25, 0.3) is 0 Å². The van der Waals surface area contributed by atoms with Crippen LogP contribution in [0.15, 0.2) is 12.2 Å². The maximum absolute atomic E-state index is 5.69. The fourth-order valence-corrected chi connectivity index (χ4v) is 1.79. The molecule has 2 atom stereocenters. The van der Waals surface area contributed by atoms with E-state index in [0.29, 0.717) is 6.04 Å². The molecular weight excluding hydrogens is 198 g/mol. The SMILES string of the molecule is C=C(CC)CC(NCCC)C(C)(CC)OC. The third-order valence-electron chi connectivity index (χ3n) is 3.54. The maximum Gasteiger partial charge on any atom is 0.0803 e. The van der Waals surface area contributed by atoms with Crippen LogP contribution in [0.1, 0.15) is 53.4 Å². The molecule has 0 spiro atoms. The van der Waals surface area contributed by atoms with Gasteiger partial charge in [-0.3, -0.25) is 0 Å². The molecule has 0 aromatic heterocycles. The van der Waals surface area contributed by atoms with Crippen LogP contribution in [-0.4, -0.2) is 25.3 Å². The molecular formula is C14H29NO. The summed E-state index contributed by atoms with van der Waals surface area (Å²) in [5.41, 5.74) is 1.21. The van der Waals surface area contributed by atoms with E-state index in [0.717, 1.165) is 32.2 Å². The Morgan fingerprint density at radius 2 is 2.00 bits per heavy atom. The van der Waals surface area contributed by atoms with Crippen molar-refractivity contribution < 1.29 is 4.74 Å². The lowest BCUT2D eigenvalue weighted by molar-refractivity contribution is -0.0288. The van der Waals surface area contributed by atoms with Crippen molar-refractivity contribution in [2.24, 2.45) is 0 Å². The van der Waals surface area contributed by atoms with E-state index in [2.05, 4.69) is 39.6 Å². The zero-order valence-corrected chi connectivity index (χ0v) is 11.7. The summed E-state index contributed by atoms with van der Waals surface area (Å²) in [6, 6.07) is 0.370. The lowest BCUT2D eigenvalue weighted by atomic mass is 9.88. The molecule has 2 nitrogen and oxygen atoms in total. The number of nitrogens with one attached hydrogen (secondary N) is 1. The Morgan fingerprint density at radius 3 is 2.38 bits per heavy atom. The Balaban J connectivity index is 4.56. The third kappa shape index (κ3) is 4.67. The zero-order valence-electron chi connectivity index (χ0n) is 11.7. The molecule has 0 rings (SSSR count). The highest BCUT2D eigenvalue weighted by molar-refractivity contribution is 5.02. The molecule has 0 aromatic rings. The summed E-state index contributed by atoms with van der Waals surface area (Å²) in [6.45, 7) is 13.9. The lowest BCUT2D eigenvalue weighted by Crippen LogP contribution is -2.50. The number of methoxy groups -OCH3 is 1. The molecule has 2 heteroatoms. The van der Waals surface area contributed by atoms with E-state index in [1.165, 1.54) is 5.57 Å². The molecule has 1 N–H and O–H groups in total. The van der Waals surface area contributed by atoms with Crippen LogP contribution in [0.5, 0.6) is 0 Å². The van der Waals surface area contributed by atoms with E-state index >= 15 is 0 Å². The first-order valence-corrected chi connectivity index (χ1v) is 6.49. The Bertz CT molecular complexity index is 197. The van der Waals surface area contributed by atoms with Crippen LogP contribution >= 0.6 is 0 Å². The predicted molar refractivity (Wildman–Crippen MR) is 71.8 cm³/mol. The first-order valence-electron chi connectivity index (χ1n) is 6.49. The molecule has 0 radical (unpaired) electrons. The van der Waals surface area contributed by atoms with Gasteiger partial charge in [0.1, 0.15) is 0 Å². The van der Waals surface area contributed by atoms with E-state index in [-0.39, 0.29) is 5.60 Å². The molecule has 0 aliphatic rings. The van der Waals surface area contributed by atoms with Gasteiger partial charge in [0, 0.05) is 13.2 Å². The van der Waals surface area contributed by atoms with E-state index in [9.17, 15) is 0 Å². The first-order chi connectivity index (χ1) is 7.53. The second-order valence-electron chi connectivity index (χ2n) is 4.68. The normalized spacial score (nSPS) is 16.8. The van der Waals surface area contributed by atoms with E-state index < -0.39 is 0 Å². The Kier molecular flexibility index (Phi) is 7.69. The minimum absolute atomic E-state index is 0.0900. The standard InChI is InChI=1S/C14H29NO/c1-7-10-15-13(11-12(4)8-2)14(5,9-3)16-6/h13,15H,4,7-11H2,1-3,5-6H3. The highest BCUT2D eigenvalue weighted by Crippen LogP contribution is 2.24. The molecule has 0 amide bonds. The molecule has 16 heavy (non-hydrogen) atoms. The highest BCUT2D eigenvalue weighted by atomic mass is 16.5. The average molecular weight is 227 g/mol. The fraction of sp³-hybridized carbons (Fsp3) is 0.857. The van der Waals surface area contributed by atoms with Crippen molar-refractivity contribution >= 4 is 0 Å². The van der Waals surface area contributed by atoms with Gasteiger partial charge in [-0.1, -0.05) is 32.9 Å². The summed E-state index contributed by atoms with van der Waals surface area (Å²) in [5, 5.41) is 3.59. The highest BCUT2D eigenvalue weighted by Gasteiger charge is 2.31. The van der Waals surface area contributed by atoms with Crippen LogP contribution in [-0.2, 0) is 4.74 Å². The molecule has 0 heterocycles. The first kappa shape index (κ1) is 15.7. The molecule has 0 aliphatic carbocycles. The van der Waals surface area contributed by atoms with Crippen molar-refractivity contribution in [1.29, 1.82) is 0 Å². The van der Waals surface area contributed by atoms with Gasteiger partial charge in [0.05, 0.1) is 5.60 Å². The van der Waals surface area contributed by atoms with Crippen molar-refractivity contribution in [3.05, 3.63) is 12.2 Å². The van der Waals surface area contributed by atoms with Gasteiger partial charge in [-0.2, -0.15) is 0 Å². The monoisotopic (exact) mass is 227 g/mol. The molecule has 2 unspecified atom stereocenters. The largest absolute Gasteiger partial charge is 0.377 e. The second-order valence-corrected chi connectivity index (χ2v) is 4.68. The Labute approximate surface area is 101 Å². The van der Waals surface area contributed by atoms with Crippen molar-refractivity contribution in [3.63, 3.8) is 0 Å². The topological polar surface area (TPSA) is 21.3 Å². The molecule has 96 valence electrons. The van der Waals surface area contributed by atoms with Gasteiger partial charge in [-0.05, 0) is 39.2 Å². The summed E-state index contributed by atoms with van der Waals surface area (Å²) in [4.78, 5) is 0. The summed E-state index contributed by atoms with van der Waals surface area (Å²) < 4.78 is 5.69. The molecule has 0 bridgehead atoms. The van der Waals surface area contributed by atoms with Crippen LogP contribution in [0.25, 0.3) is 0 Å². The summed E-state index contributed by atoms with van der Waals surface area (Å²) in [6.07, 6.45) is 4.23. The van der Waals surface area contributed by atoms with Crippen molar-refractivity contribution in [2.75, 3.05) is 13.7 Å². The minimum Gasteiger partial charge on any atom is -0.377 e. The van der Waals surface area contributed by atoms with Crippen LogP contribution in [0, 0.1) is 0 Å². The summed E-state index contributed by atoms with van der Waals surface area (Å²) in [5.74, 6) is 0. The quantitative estimate of drug-likeness (QED) is 0.608. The van der Waals surface area contributed by atoms with Gasteiger partial charge in [-0.25, -0.2) is 0 Å². The maximum atomic E-state index is 5.69. The van der Waals surface area contributed by atoms with Crippen molar-refractivity contribution in [1.82, 2.24) is 5.32 Å². The Morgan fingerprint density at radius 1 is 1.38 bits per heavy atom. The third-order valence-corrected chi connectivity index (χ3v) is 3.54. The average Bonchev–Trinajstić information content (AvgIpc) is 2.32. The number of hydrogen-bond acceptors (Lipinski definition) is 2. The van der Waals surface area contributed by atoms with Crippen LogP contribution in [0.4, 0.5) is 0 Å². The van der Waals surface area contributed by atoms with Crippen LogP contribution < -0.4 is 5.32 Å². The van der Waals surface area contributed by atoms with E-state index in [1.54, 1.807) is 7.11 Å². The predicted octanol–water partition coefficient (Wildman–Crippen LogP) is 3.53. The van der Waals surface area contributed by atoms with E-state index in [4.69, 9.17) is 4.74 Å². The smallest absolute Gasteiger partial charge is 0.0803 e. The molecule has 0 saturated carbocycles. The molecule has 0 fully saturated rings. The minimum atomic E-state index is -0.0900. The Hall–Kier alpha value is -0.340. The molecule has 0 aliphatic heterocycles. The van der Waals surface area contributed by atoms with Crippen LogP contribution in [0.2, 0.25) is 0 Å². The number of ether oxygens (including phenoxy) is 1. The van der Waals surface area contributed by atoms with Gasteiger partial charge in [0.2, 0.25) is 0 Å². The van der Waals surface area contributed by atoms with E-state index in [1.807, 2.05) is 0 Å². The number of hydrogen-bond donors (Lipinski definition) is 1. The van der Waals surface area contributed by atoms with Crippen molar-refractivity contribution in [3.8, 4) is 0 Å². The molecule has 0 aromatic carbocycles. The van der Waals surface area contributed by atoms with Gasteiger partial charge < -0.3 is 10.1 Å². The molecule has 0 saturated heterocycles. The summed E-state index contributed by atoms with van der Waals surface area (Å²) in [7, 11) is 1.80. The van der Waals surface area contributed by atoms with Crippen molar-refractivity contribution in [2.45, 2.75) is 65.0 Å².